The Labute approximate surface area is 175 Å². The molecular weight excluding hydrogens is 378 g/mol. The second-order valence-electron chi connectivity index (χ2n) is 8.55. The Morgan fingerprint density at radius 1 is 1.30 bits per heavy atom. The average Bonchev–Trinajstić information content (AvgIpc) is 3.00. The summed E-state index contributed by atoms with van der Waals surface area (Å²) >= 11 is 0. The minimum atomic E-state index is -0.990. The molecule has 2 atom stereocenters. The maximum Gasteiger partial charge on any atom is 0.192 e. The van der Waals surface area contributed by atoms with Crippen molar-refractivity contribution in [3.63, 3.8) is 0 Å². The normalized spacial score (nSPS) is 19.8. The molecule has 0 amide bonds. The Morgan fingerprint density at radius 3 is 2.77 bits per heavy atom. The Balaban J connectivity index is 1.63. The molecule has 1 saturated heterocycles. The third-order valence-electron chi connectivity index (χ3n) is 6.70. The van der Waals surface area contributed by atoms with Crippen LogP contribution < -0.4 is 10.1 Å². The van der Waals surface area contributed by atoms with Crippen molar-refractivity contribution in [2.75, 3.05) is 13.1 Å². The molecule has 1 aromatic heterocycles. The van der Waals surface area contributed by atoms with Gasteiger partial charge in [0.1, 0.15) is 23.5 Å². The summed E-state index contributed by atoms with van der Waals surface area (Å²) in [6, 6.07) is 10.2. The molecule has 5 rings (SSSR count). The van der Waals surface area contributed by atoms with Crippen molar-refractivity contribution < 1.29 is 14.6 Å². The topological polar surface area (TPSA) is 76.4 Å². The molecule has 0 saturated carbocycles. The lowest BCUT2D eigenvalue weighted by Crippen LogP contribution is -2.51. The number of fused-ring (bicyclic) bond motifs is 3. The number of aliphatic hydroxyl groups is 1. The van der Waals surface area contributed by atoms with E-state index in [1.54, 1.807) is 0 Å². The van der Waals surface area contributed by atoms with Gasteiger partial charge in [-0.2, -0.15) is 0 Å². The van der Waals surface area contributed by atoms with E-state index in [-0.39, 0.29) is 17.8 Å². The molecule has 6 heteroatoms. The maximum atomic E-state index is 13.3. The number of rotatable bonds is 4. The van der Waals surface area contributed by atoms with E-state index in [9.17, 15) is 9.90 Å². The molecule has 2 aliphatic rings. The molecular formula is C24H27N3O3. The number of ether oxygens (including phenoxy) is 1. The van der Waals surface area contributed by atoms with Gasteiger partial charge < -0.3 is 19.7 Å². The number of aromatic nitrogens is 2. The quantitative estimate of drug-likeness (QED) is 0.653. The summed E-state index contributed by atoms with van der Waals surface area (Å²) in [5, 5.41) is 13.8. The van der Waals surface area contributed by atoms with E-state index in [0.29, 0.717) is 24.4 Å². The summed E-state index contributed by atoms with van der Waals surface area (Å²) in [6.45, 7) is 5.39. The molecule has 3 aromatic rings. The predicted octanol–water partition coefficient (Wildman–Crippen LogP) is 3.02. The summed E-state index contributed by atoms with van der Waals surface area (Å²) in [5.41, 5.74) is 5.46. The van der Waals surface area contributed by atoms with Crippen molar-refractivity contribution in [2.24, 2.45) is 13.0 Å². The van der Waals surface area contributed by atoms with Gasteiger partial charge in [-0.1, -0.05) is 24.3 Å². The van der Waals surface area contributed by atoms with Crippen molar-refractivity contribution in [2.45, 2.75) is 38.9 Å². The van der Waals surface area contributed by atoms with Crippen LogP contribution in [0.15, 0.2) is 30.3 Å². The lowest BCUT2D eigenvalue weighted by molar-refractivity contribution is 0.0502. The van der Waals surface area contributed by atoms with Crippen LogP contribution >= 0.6 is 0 Å². The molecule has 156 valence electrons. The van der Waals surface area contributed by atoms with E-state index in [0.717, 1.165) is 35.3 Å². The molecule has 2 N–H and O–H groups in total. The van der Waals surface area contributed by atoms with Gasteiger partial charge in [0, 0.05) is 37.2 Å². The van der Waals surface area contributed by atoms with Crippen LogP contribution in [0.5, 0.6) is 5.75 Å². The van der Waals surface area contributed by atoms with Gasteiger partial charge in [-0.25, -0.2) is 4.98 Å². The first-order valence-corrected chi connectivity index (χ1v) is 10.6. The number of ketones is 1. The Bertz CT molecular complexity index is 1150. The molecule has 30 heavy (non-hydrogen) atoms. The van der Waals surface area contributed by atoms with Crippen LogP contribution in [0.2, 0.25) is 0 Å². The van der Waals surface area contributed by atoms with Crippen LogP contribution in [0.3, 0.4) is 0 Å². The first-order chi connectivity index (χ1) is 14.5. The minimum Gasteiger partial charge on any atom is -0.483 e. The summed E-state index contributed by atoms with van der Waals surface area (Å²) in [5.74, 6) is 1.32. The monoisotopic (exact) mass is 405 g/mol. The van der Waals surface area contributed by atoms with Crippen molar-refractivity contribution in [3.8, 4) is 5.75 Å². The fraction of sp³-hybridized carbons (Fsp3) is 0.417. The minimum absolute atomic E-state index is 0.0265. The number of hydrogen-bond donors (Lipinski definition) is 2. The largest absolute Gasteiger partial charge is 0.483 e. The molecule has 6 nitrogen and oxygen atoms in total. The van der Waals surface area contributed by atoms with Crippen LogP contribution in [-0.4, -0.2) is 39.6 Å². The highest BCUT2D eigenvalue weighted by Gasteiger charge is 2.35. The van der Waals surface area contributed by atoms with Gasteiger partial charge in [-0.3, -0.25) is 4.79 Å². The van der Waals surface area contributed by atoms with E-state index in [2.05, 4.69) is 24.4 Å². The zero-order valence-electron chi connectivity index (χ0n) is 17.6. The highest BCUT2D eigenvalue weighted by Crippen LogP contribution is 2.42. The van der Waals surface area contributed by atoms with Crippen LogP contribution in [0.4, 0.5) is 0 Å². The number of hydrogen-bond acceptors (Lipinski definition) is 5. The van der Waals surface area contributed by atoms with Gasteiger partial charge in [0.05, 0.1) is 5.52 Å². The first kappa shape index (κ1) is 19.3. The zero-order valence-corrected chi connectivity index (χ0v) is 17.6. The van der Waals surface area contributed by atoms with Crippen LogP contribution in [0.25, 0.3) is 11.0 Å². The molecule has 2 aliphatic heterocycles. The van der Waals surface area contributed by atoms with Gasteiger partial charge in [0.2, 0.25) is 0 Å². The Kier molecular flexibility index (Phi) is 4.64. The number of carbonyl (C=O) groups excluding carboxylic acids is 1. The highest BCUT2D eigenvalue weighted by atomic mass is 16.5. The van der Waals surface area contributed by atoms with Crippen LogP contribution in [-0.2, 0) is 13.5 Å². The number of aliphatic hydroxyl groups excluding tert-OH is 1. The van der Waals surface area contributed by atoms with Gasteiger partial charge in [-0.05, 0) is 43.9 Å². The van der Waals surface area contributed by atoms with E-state index >= 15 is 0 Å². The molecule has 0 aliphatic carbocycles. The highest BCUT2D eigenvalue weighted by molar-refractivity contribution is 6.05. The van der Waals surface area contributed by atoms with Crippen molar-refractivity contribution in [1.29, 1.82) is 0 Å². The van der Waals surface area contributed by atoms with E-state index in [1.165, 1.54) is 11.1 Å². The fourth-order valence-corrected chi connectivity index (χ4v) is 4.59. The number of nitrogens with one attached hydrogen (secondary N) is 1. The number of carbonyl (C=O) groups is 1. The molecule has 1 unspecified atom stereocenters. The molecule has 3 heterocycles. The lowest BCUT2D eigenvalue weighted by Gasteiger charge is -2.32. The number of imidazole rings is 1. The van der Waals surface area contributed by atoms with Crippen molar-refractivity contribution in [3.05, 3.63) is 58.4 Å². The Morgan fingerprint density at radius 2 is 2.07 bits per heavy atom. The molecule has 1 fully saturated rings. The average molecular weight is 405 g/mol. The van der Waals surface area contributed by atoms with Gasteiger partial charge in [0.25, 0.3) is 0 Å². The SMILES string of the molecule is Cc1ccccc1[C@@H]1CCc2c(C(=O)C(O)C3CNC3)cc3c(nc(C)n3C)c2O1. The van der Waals surface area contributed by atoms with E-state index < -0.39 is 6.10 Å². The van der Waals surface area contributed by atoms with E-state index in [4.69, 9.17) is 9.72 Å². The van der Waals surface area contributed by atoms with Gasteiger partial charge in [-0.15, -0.1) is 0 Å². The van der Waals surface area contributed by atoms with Crippen molar-refractivity contribution in [1.82, 2.24) is 14.9 Å². The maximum absolute atomic E-state index is 13.3. The fourth-order valence-electron chi connectivity index (χ4n) is 4.59. The summed E-state index contributed by atoms with van der Waals surface area (Å²) in [6.07, 6.45) is 0.444. The standard InChI is InChI=1S/C24H27N3O3/c1-13-6-4-5-7-16(13)20-9-8-17-18(23(29)22(28)15-11-25-12-15)10-19-21(24(17)30-20)26-14(2)27(19)3/h4-7,10,15,20,22,25,28H,8-9,11-12H2,1-3H3/t20-,22?/m0/s1. The molecule has 0 radical (unpaired) electrons. The van der Waals surface area contributed by atoms with Crippen LogP contribution in [0, 0.1) is 19.8 Å². The lowest BCUT2D eigenvalue weighted by atomic mass is 9.86. The molecule has 2 aromatic carbocycles. The van der Waals surface area contributed by atoms with E-state index in [1.807, 2.05) is 36.7 Å². The Hall–Kier alpha value is -2.70. The zero-order chi connectivity index (χ0) is 21.0. The molecule has 0 bridgehead atoms. The third-order valence-corrected chi connectivity index (χ3v) is 6.70. The second-order valence-corrected chi connectivity index (χ2v) is 8.55. The van der Waals surface area contributed by atoms with Crippen molar-refractivity contribution >= 4 is 16.8 Å². The number of nitrogens with zero attached hydrogens (tertiary/aromatic N) is 2. The number of Topliss-reactive ketones (excluding diaryl/α,β-unsaturated/α-hetero) is 1. The number of benzene rings is 2. The smallest absolute Gasteiger partial charge is 0.192 e. The summed E-state index contributed by atoms with van der Waals surface area (Å²) in [7, 11) is 1.94. The second kappa shape index (κ2) is 7.22. The summed E-state index contributed by atoms with van der Waals surface area (Å²) < 4.78 is 8.51. The molecule has 0 spiro atoms. The van der Waals surface area contributed by atoms with Gasteiger partial charge >= 0.3 is 0 Å². The first-order valence-electron chi connectivity index (χ1n) is 10.6. The number of aryl methyl sites for hydroxylation is 3. The van der Waals surface area contributed by atoms with Gasteiger partial charge in [0.15, 0.2) is 11.5 Å². The third kappa shape index (κ3) is 2.94. The van der Waals surface area contributed by atoms with Crippen LogP contribution in [0.1, 0.15) is 45.4 Å². The predicted molar refractivity (Wildman–Crippen MR) is 115 cm³/mol. The summed E-state index contributed by atoms with van der Waals surface area (Å²) in [4.78, 5) is 18.0.